The first-order valence-corrected chi connectivity index (χ1v) is 11.4. The molecule has 4 heterocycles. The van der Waals surface area contributed by atoms with E-state index in [1.54, 1.807) is 18.5 Å². The van der Waals surface area contributed by atoms with E-state index in [9.17, 15) is 4.79 Å². The lowest BCUT2D eigenvalue weighted by Gasteiger charge is -2.35. The fraction of sp³-hybridized carbons (Fsp3) is 0.409. The molecule has 1 aromatic carbocycles. The number of H-pyrrole nitrogens is 1. The highest BCUT2D eigenvalue weighted by atomic mass is 35.5. The number of likely N-dealkylation sites (N-methyl/N-ethyl adjacent to an activating group) is 1. The highest BCUT2D eigenvalue weighted by Gasteiger charge is 2.34. The maximum atomic E-state index is 13.3. The Labute approximate surface area is 200 Å². The minimum Gasteiger partial charge on any atom is -0.478 e. The van der Waals surface area contributed by atoms with Crippen LogP contribution in [-0.2, 0) is 22.6 Å². The summed E-state index contributed by atoms with van der Waals surface area (Å²) in [6.45, 7) is 3.22. The number of fused-ring (bicyclic) bond motifs is 3. The lowest BCUT2D eigenvalue weighted by Crippen LogP contribution is -2.51. The molecule has 33 heavy (non-hydrogen) atoms. The second kappa shape index (κ2) is 8.88. The van der Waals surface area contributed by atoms with Gasteiger partial charge in [0.15, 0.2) is 6.61 Å². The van der Waals surface area contributed by atoms with Crippen LogP contribution in [0.2, 0.25) is 10.0 Å². The first kappa shape index (κ1) is 22.0. The summed E-state index contributed by atoms with van der Waals surface area (Å²) in [4.78, 5) is 17.2. The summed E-state index contributed by atoms with van der Waals surface area (Å²) in [5.74, 6) is 0.440. The number of carbonyl (C=O) groups excluding carboxylic acids is 1. The van der Waals surface area contributed by atoms with E-state index in [0.717, 1.165) is 34.3 Å². The molecule has 2 aliphatic rings. The molecule has 0 saturated carbocycles. The van der Waals surface area contributed by atoms with Gasteiger partial charge in [-0.05, 0) is 7.05 Å². The number of nitriles is 1. The van der Waals surface area contributed by atoms with Crippen LogP contribution in [0.1, 0.15) is 5.69 Å². The van der Waals surface area contributed by atoms with Crippen LogP contribution < -0.4 is 4.74 Å². The summed E-state index contributed by atoms with van der Waals surface area (Å²) in [5.41, 5.74) is 3.31. The van der Waals surface area contributed by atoms with Crippen molar-refractivity contribution in [2.75, 3.05) is 39.9 Å². The van der Waals surface area contributed by atoms with Gasteiger partial charge in [0.25, 0.3) is 5.91 Å². The fourth-order valence-electron chi connectivity index (χ4n) is 4.63. The van der Waals surface area contributed by atoms with Crippen molar-refractivity contribution in [1.82, 2.24) is 24.6 Å². The van der Waals surface area contributed by atoms with Crippen molar-refractivity contribution < 1.29 is 14.3 Å². The van der Waals surface area contributed by atoms with Gasteiger partial charge in [-0.3, -0.25) is 9.89 Å². The fourth-order valence-corrected chi connectivity index (χ4v) is 5.07. The smallest absolute Gasteiger partial charge is 0.253 e. The van der Waals surface area contributed by atoms with Gasteiger partial charge >= 0.3 is 0 Å². The molecule has 2 aliphatic heterocycles. The normalized spacial score (nSPS) is 18.8. The van der Waals surface area contributed by atoms with Crippen LogP contribution in [0.3, 0.4) is 0 Å². The van der Waals surface area contributed by atoms with E-state index < -0.39 is 6.10 Å². The number of nitrogens with one attached hydrogen (secondary N) is 1. The zero-order valence-electron chi connectivity index (χ0n) is 18.0. The van der Waals surface area contributed by atoms with Crippen LogP contribution in [0.15, 0.2) is 18.5 Å². The standard InChI is InChI=1S/C22H22Cl2N6O3/c1-28-5-7-33-17(12-28)22(31)29-3-4-30-15(11-29)18(13-9-26-27-10-13)19-16(32-6-2-25)8-14(23)20(24)21(19)30/h8-10,17H,3-7,11-12H2,1H3,(H,26,27). The number of amides is 1. The van der Waals surface area contributed by atoms with Gasteiger partial charge in [-0.15, -0.1) is 0 Å². The van der Waals surface area contributed by atoms with E-state index in [1.807, 2.05) is 18.0 Å². The van der Waals surface area contributed by atoms with Crippen molar-refractivity contribution in [2.45, 2.75) is 19.2 Å². The van der Waals surface area contributed by atoms with Gasteiger partial charge in [-0.2, -0.15) is 10.4 Å². The highest BCUT2D eigenvalue weighted by molar-refractivity contribution is 6.45. The Morgan fingerprint density at radius 2 is 2.24 bits per heavy atom. The van der Waals surface area contributed by atoms with Crippen LogP contribution in [0.4, 0.5) is 0 Å². The molecule has 5 rings (SSSR count). The molecule has 1 saturated heterocycles. The molecule has 3 aromatic rings. The third-order valence-electron chi connectivity index (χ3n) is 6.16. The summed E-state index contributed by atoms with van der Waals surface area (Å²) in [7, 11) is 1.99. The van der Waals surface area contributed by atoms with E-state index in [2.05, 4.69) is 19.7 Å². The minimum absolute atomic E-state index is 0.0266. The zero-order chi connectivity index (χ0) is 23.1. The van der Waals surface area contributed by atoms with E-state index in [1.165, 1.54) is 0 Å². The maximum absolute atomic E-state index is 13.3. The molecule has 1 atom stereocenters. The lowest BCUT2D eigenvalue weighted by atomic mass is 10.0. The molecule has 1 fully saturated rings. The third kappa shape index (κ3) is 3.83. The number of hydrogen-bond acceptors (Lipinski definition) is 6. The van der Waals surface area contributed by atoms with E-state index in [-0.39, 0.29) is 12.5 Å². The van der Waals surface area contributed by atoms with E-state index in [0.29, 0.717) is 48.6 Å². The molecule has 1 N–H and O–H groups in total. The van der Waals surface area contributed by atoms with Gasteiger partial charge in [0.2, 0.25) is 0 Å². The Morgan fingerprint density at radius 3 is 2.97 bits per heavy atom. The number of nitrogens with zero attached hydrogens (tertiary/aromatic N) is 5. The van der Waals surface area contributed by atoms with Gasteiger partial charge in [-0.25, -0.2) is 0 Å². The summed E-state index contributed by atoms with van der Waals surface area (Å²) < 4.78 is 13.6. The number of carbonyl (C=O) groups is 1. The molecule has 0 bridgehead atoms. The number of aromatic nitrogens is 3. The molecule has 0 spiro atoms. The molecular weight excluding hydrogens is 467 g/mol. The molecule has 1 amide bonds. The molecule has 172 valence electrons. The summed E-state index contributed by atoms with van der Waals surface area (Å²) in [5, 5.41) is 17.5. The Kier molecular flexibility index (Phi) is 5.93. The largest absolute Gasteiger partial charge is 0.478 e. The summed E-state index contributed by atoms with van der Waals surface area (Å²) >= 11 is 13.1. The minimum atomic E-state index is -0.482. The third-order valence-corrected chi connectivity index (χ3v) is 6.94. The first-order chi connectivity index (χ1) is 16.0. The molecular formula is C22H22Cl2N6O3. The summed E-state index contributed by atoms with van der Waals surface area (Å²) in [6, 6.07) is 3.63. The number of ether oxygens (including phenoxy) is 2. The average molecular weight is 489 g/mol. The Balaban J connectivity index is 1.64. The SMILES string of the molecule is CN1CCOC(C(=O)N2CCn3c(c(-c4cn[nH]c4)c4c(OCC#N)cc(Cl)c(Cl)c43)C2)C1. The number of hydrogen-bond donors (Lipinski definition) is 1. The van der Waals surface area contributed by atoms with E-state index in [4.69, 9.17) is 37.9 Å². The lowest BCUT2D eigenvalue weighted by molar-refractivity contribution is -0.150. The van der Waals surface area contributed by atoms with Gasteiger partial charge in [-0.1, -0.05) is 23.2 Å². The summed E-state index contributed by atoms with van der Waals surface area (Å²) in [6.07, 6.45) is 3.02. The molecule has 11 heteroatoms. The van der Waals surface area contributed by atoms with Gasteiger partial charge in [0.1, 0.15) is 17.9 Å². The highest BCUT2D eigenvalue weighted by Crippen LogP contribution is 2.47. The molecule has 9 nitrogen and oxygen atoms in total. The Morgan fingerprint density at radius 1 is 1.39 bits per heavy atom. The number of rotatable bonds is 4. The van der Waals surface area contributed by atoms with Crippen LogP contribution in [-0.4, -0.2) is 76.5 Å². The van der Waals surface area contributed by atoms with Crippen molar-refractivity contribution in [1.29, 1.82) is 5.26 Å². The van der Waals surface area contributed by atoms with Crippen molar-refractivity contribution in [2.24, 2.45) is 0 Å². The van der Waals surface area contributed by atoms with Gasteiger partial charge < -0.3 is 23.8 Å². The van der Waals surface area contributed by atoms with Crippen molar-refractivity contribution in [3.05, 3.63) is 34.2 Å². The Hall–Kier alpha value is -2.77. The predicted molar refractivity (Wildman–Crippen MR) is 123 cm³/mol. The Bertz CT molecular complexity index is 1250. The number of benzene rings is 1. The quantitative estimate of drug-likeness (QED) is 0.605. The van der Waals surface area contributed by atoms with Gasteiger partial charge in [0, 0.05) is 55.3 Å². The van der Waals surface area contributed by atoms with Crippen LogP contribution >= 0.6 is 23.2 Å². The predicted octanol–water partition coefficient (Wildman–Crippen LogP) is 2.91. The van der Waals surface area contributed by atoms with Crippen molar-refractivity contribution >= 4 is 40.0 Å². The molecule has 1 unspecified atom stereocenters. The molecule has 0 radical (unpaired) electrons. The van der Waals surface area contributed by atoms with Crippen LogP contribution in [0, 0.1) is 11.3 Å². The number of aromatic amines is 1. The zero-order valence-corrected chi connectivity index (χ0v) is 19.5. The average Bonchev–Trinajstić information content (AvgIpc) is 3.45. The number of halogens is 2. The topological polar surface area (TPSA) is 99.4 Å². The van der Waals surface area contributed by atoms with E-state index >= 15 is 0 Å². The second-order valence-electron chi connectivity index (χ2n) is 8.18. The second-order valence-corrected chi connectivity index (χ2v) is 8.97. The first-order valence-electron chi connectivity index (χ1n) is 10.6. The van der Waals surface area contributed by atoms with Crippen LogP contribution in [0.25, 0.3) is 22.0 Å². The molecule has 0 aliphatic carbocycles. The molecule has 2 aromatic heterocycles. The maximum Gasteiger partial charge on any atom is 0.253 e. The van der Waals surface area contributed by atoms with Crippen molar-refractivity contribution in [3.8, 4) is 22.9 Å². The number of morpholine rings is 1. The van der Waals surface area contributed by atoms with Gasteiger partial charge in [0.05, 0.1) is 40.3 Å². The van der Waals surface area contributed by atoms with Crippen LogP contribution in [0.5, 0.6) is 5.75 Å². The van der Waals surface area contributed by atoms with Crippen molar-refractivity contribution in [3.63, 3.8) is 0 Å². The monoisotopic (exact) mass is 488 g/mol.